The lowest BCUT2D eigenvalue weighted by atomic mass is 10.0. The van der Waals surface area contributed by atoms with E-state index in [9.17, 15) is 14.4 Å². The zero-order valence-corrected chi connectivity index (χ0v) is 14.6. The Bertz CT molecular complexity index is 622. The number of nitrogens with one attached hydrogen (secondary N) is 2. The number of benzene rings is 1. The molecule has 24 heavy (non-hydrogen) atoms. The van der Waals surface area contributed by atoms with Crippen molar-refractivity contribution in [2.45, 2.75) is 0 Å². The van der Waals surface area contributed by atoms with Gasteiger partial charge in [0.15, 0.2) is 5.75 Å². The Labute approximate surface area is 144 Å². The van der Waals surface area contributed by atoms with E-state index in [0.717, 1.165) is 0 Å². The minimum Gasteiger partial charge on any atom is -0.496 e. The Morgan fingerprint density at radius 3 is 1.96 bits per heavy atom. The summed E-state index contributed by atoms with van der Waals surface area (Å²) in [6.45, 7) is 0. The third kappa shape index (κ3) is 5.20. The third-order valence-electron chi connectivity index (χ3n) is 2.76. The minimum atomic E-state index is -0.480. The van der Waals surface area contributed by atoms with Crippen molar-refractivity contribution in [2.24, 2.45) is 5.73 Å². The molecule has 0 unspecified atom stereocenters. The number of hydrogen-bond donors (Lipinski definition) is 4. The molecule has 0 aromatic heterocycles. The summed E-state index contributed by atoms with van der Waals surface area (Å²) in [5, 5.41) is 4.92. The van der Waals surface area contributed by atoms with E-state index < -0.39 is 11.8 Å². The van der Waals surface area contributed by atoms with Crippen molar-refractivity contribution in [3.05, 3.63) is 17.2 Å². The molecule has 0 aliphatic carbocycles. The second-order valence-corrected chi connectivity index (χ2v) is 4.47. The highest BCUT2D eigenvalue weighted by molar-refractivity contribution is 6.27. The summed E-state index contributed by atoms with van der Waals surface area (Å²) in [4.78, 5) is 33.0. The first-order valence-corrected chi connectivity index (χ1v) is 7.15. The highest BCUT2D eigenvalue weighted by atomic mass is 35.5. The van der Waals surface area contributed by atoms with E-state index in [1.54, 1.807) is 0 Å². The number of primary amides is 1. The molecule has 134 valence electrons. The molecular weight excluding hydrogens is 340 g/mol. The van der Waals surface area contributed by atoms with E-state index in [2.05, 4.69) is 16.4 Å². The average Bonchev–Trinajstić information content (AvgIpc) is 2.59. The summed E-state index contributed by atoms with van der Waals surface area (Å²) in [5.74, 6) is -1.02. The van der Waals surface area contributed by atoms with Gasteiger partial charge in [0.25, 0.3) is 11.8 Å². The first kappa shape index (κ1) is 21.3. The molecule has 0 saturated carbocycles. The summed E-state index contributed by atoms with van der Waals surface area (Å²) in [6.07, 6.45) is 0. The monoisotopic (exact) mass is 360 g/mol. The van der Waals surface area contributed by atoms with E-state index in [1.807, 2.05) is 0 Å². The van der Waals surface area contributed by atoms with E-state index in [0.29, 0.717) is 0 Å². The van der Waals surface area contributed by atoms with Gasteiger partial charge in [-0.1, -0.05) is 0 Å². The van der Waals surface area contributed by atoms with Gasteiger partial charge in [0, 0.05) is 14.1 Å². The van der Waals surface area contributed by atoms with Crippen molar-refractivity contribution < 1.29 is 23.9 Å². The molecule has 0 atom stereocenters. The van der Waals surface area contributed by atoms with Crippen LogP contribution in [0.1, 0.15) is 20.7 Å². The lowest BCUT2D eigenvalue weighted by Gasteiger charge is -2.16. The molecule has 6 N–H and O–H groups in total. The first-order chi connectivity index (χ1) is 11.3. The maximum atomic E-state index is 11.8. The van der Waals surface area contributed by atoms with Crippen molar-refractivity contribution in [3.8, 4) is 11.5 Å². The number of amides is 3. The van der Waals surface area contributed by atoms with Crippen LogP contribution >= 0.6 is 11.6 Å². The molecule has 0 fully saturated rings. The molecule has 1 rings (SSSR count). The normalized spacial score (nSPS) is 9.21. The fourth-order valence-electron chi connectivity index (χ4n) is 1.70. The zero-order chi connectivity index (χ0) is 18.9. The Morgan fingerprint density at radius 2 is 1.62 bits per heavy atom. The molecule has 0 aliphatic rings. The van der Waals surface area contributed by atoms with Crippen LogP contribution in [0.3, 0.4) is 0 Å². The Kier molecular flexibility index (Phi) is 9.03. The van der Waals surface area contributed by atoms with Gasteiger partial charge in [0.2, 0.25) is 5.91 Å². The number of ether oxygens (including phenoxy) is 2. The molecule has 0 spiro atoms. The van der Waals surface area contributed by atoms with Crippen LogP contribution in [0, 0.1) is 0 Å². The molecule has 1 aromatic rings. The van der Waals surface area contributed by atoms with Crippen molar-refractivity contribution in [1.82, 2.24) is 10.6 Å². The van der Waals surface area contributed by atoms with Gasteiger partial charge in [-0.3, -0.25) is 14.4 Å². The van der Waals surface area contributed by atoms with Crippen LogP contribution in [0.4, 0.5) is 5.69 Å². The average molecular weight is 361 g/mol. The van der Waals surface area contributed by atoms with Gasteiger partial charge < -0.3 is 31.6 Å². The SMILES string of the molecule is CNC(=O)c1cc(OC)c(C(=O)NC)c(N)c1OC.NC(=O)CCl. The highest BCUT2D eigenvalue weighted by Gasteiger charge is 2.24. The van der Waals surface area contributed by atoms with Crippen LogP contribution in [0.2, 0.25) is 0 Å². The number of methoxy groups -OCH3 is 2. The van der Waals surface area contributed by atoms with Crippen LogP contribution in [0.15, 0.2) is 6.07 Å². The van der Waals surface area contributed by atoms with Gasteiger partial charge in [-0.05, 0) is 6.07 Å². The summed E-state index contributed by atoms with van der Waals surface area (Å²) in [7, 11) is 5.72. The van der Waals surface area contributed by atoms with E-state index in [-0.39, 0.29) is 40.1 Å². The Morgan fingerprint density at radius 1 is 1.12 bits per heavy atom. The lowest BCUT2D eigenvalue weighted by molar-refractivity contribution is -0.115. The van der Waals surface area contributed by atoms with Gasteiger partial charge in [0.05, 0.1) is 25.5 Å². The molecular formula is C14H21ClN4O5. The number of nitrogen functional groups attached to an aromatic ring is 1. The van der Waals surface area contributed by atoms with Gasteiger partial charge in [-0.15, -0.1) is 11.6 Å². The second kappa shape index (κ2) is 10.2. The Hall–Kier alpha value is -2.68. The number of carbonyl (C=O) groups excluding carboxylic acids is 3. The maximum absolute atomic E-state index is 11.8. The predicted molar refractivity (Wildman–Crippen MR) is 90.7 cm³/mol. The van der Waals surface area contributed by atoms with Crippen LogP contribution in [-0.4, -0.2) is 51.9 Å². The number of rotatable bonds is 5. The van der Waals surface area contributed by atoms with Crippen molar-refractivity contribution in [1.29, 1.82) is 0 Å². The smallest absolute Gasteiger partial charge is 0.257 e. The molecule has 10 heteroatoms. The van der Waals surface area contributed by atoms with Gasteiger partial charge in [-0.2, -0.15) is 0 Å². The highest BCUT2D eigenvalue weighted by Crippen LogP contribution is 2.36. The van der Waals surface area contributed by atoms with Crippen molar-refractivity contribution in [3.63, 3.8) is 0 Å². The topological polar surface area (TPSA) is 146 Å². The van der Waals surface area contributed by atoms with Gasteiger partial charge in [0.1, 0.15) is 17.2 Å². The maximum Gasteiger partial charge on any atom is 0.257 e. The van der Waals surface area contributed by atoms with Crippen LogP contribution in [0.25, 0.3) is 0 Å². The largest absolute Gasteiger partial charge is 0.496 e. The van der Waals surface area contributed by atoms with Crippen molar-refractivity contribution >= 4 is 35.0 Å². The van der Waals surface area contributed by atoms with Gasteiger partial charge >= 0.3 is 0 Å². The lowest BCUT2D eigenvalue weighted by Crippen LogP contribution is -2.23. The number of nitrogens with two attached hydrogens (primary N) is 2. The van der Waals surface area contributed by atoms with E-state index in [4.69, 9.17) is 26.8 Å². The van der Waals surface area contributed by atoms with Crippen LogP contribution < -0.4 is 31.6 Å². The van der Waals surface area contributed by atoms with Crippen LogP contribution in [-0.2, 0) is 4.79 Å². The number of carbonyl (C=O) groups is 3. The summed E-state index contributed by atoms with van der Waals surface area (Å²) in [6, 6.07) is 1.42. The Balaban J connectivity index is 0.000000922. The third-order valence-corrected chi connectivity index (χ3v) is 3.03. The number of alkyl halides is 1. The molecule has 1 aromatic carbocycles. The number of anilines is 1. The molecule has 0 radical (unpaired) electrons. The van der Waals surface area contributed by atoms with Gasteiger partial charge in [-0.25, -0.2) is 0 Å². The number of halogens is 1. The van der Waals surface area contributed by atoms with Crippen LogP contribution in [0.5, 0.6) is 11.5 Å². The first-order valence-electron chi connectivity index (χ1n) is 6.61. The standard InChI is InChI=1S/C12H17N3O4.C2H4ClNO/c1-14-11(16)6-5-7(18-3)8(12(17)15-2)9(13)10(6)19-4;3-1-2(4)5/h5H,13H2,1-4H3,(H,14,16)(H,15,17);1H2,(H2,4,5). The fourth-order valence-corrected chi connectivity index (χ4v) is 1.70. The predicted octanol–water partition coefficient (Wildman–Crippen LogP) is -0.284. The molecule has 9 nitrogen and oxygen atoms in total. The minimum absolute atomic E-state index is 0.0554. The van der Waals surface area contributed by atoms with E-state index in [1.165, 1.54) is 34.4 Å². The molecule has 0 saturated heterocycles. The molecule has 3 amide bonds. The number of hydrogen-bond acceptors (Lipinski definition) is 6. The summed E-state index contributed by atoms with van der Waals surface area (Å²) < 4.78 is 10.2. The zero-order valence-electron chi connectivity index (χ0n) is 13.9. The quantitative estimate of drug-likeness (QED) is 0.419. The van der Waals surface area contributed by atoms with Crippen molar-refractivity contribution in [2.75, 3.05) is 39.9 Å². The molecule has 0 aliphatic heterocycles. The second-order valence-electron chi connectivity index (χ2n) is 4.21. The fraction of sp³-hybridized carbons (Fsp3) is 0.357. The molecule has 0 heterocycles. The summed E-state index contributed by atoms with van der Waals surface area (Å²) in [5.41, 5.74) is 10.8. The van der Waals surface area contributed by atoms with E-state index >= 15 is 0 Å². The summed E-state index contributed by atoms with van der Waals surface area (Å²) >= 11 is 4.86. The molecule has 0 bridgehead atoms.